The monoisotopic (exact) mass is 878 g/mol. The summed E-state index contributed by atoms with van der Waals surface area (Å²) < 4.78 is 39.6. The van der Waals surface area contributed by atoms with Crippen LogP contribution in [0.25, 0.3) is 0 Å². The van der Waals surface area contributed by atoms with E-state index in [1.165, 1.54) is 89.9 Å². The Morgan fingerprint density at radius 3 is 1.59 bits per heavy atom. The van der Waals surface area contributed by atoms with E-state index in [0.29, 0.717) is 29.7 Å². The average Bonchev–Trinajstić information content (AvgIpc) is 3.97. The normalized spacial score (nSPS) is 17.3. The van der Waals surface area contributed by atoms with Gasteiger partial charge in [-0.05, 0) is 51.4 Å². The first-order valence-electron chi connectivity index (χ1n) is 24.1. The van der Waals surface area contributed by atoms with Crippen LogP contribution >= 0.6 is 7.82 Å². The van der Waals surface area contributed by atoms with Crippen molar-refractivity contribution in [1.29, 1.82) is 0 Å². The first-order valence-corrected chi connectivity index (χ1v) is 25.6. The number of likely N-dealkylation sites (N-methyl/N-ethyl adjacent to an activating group) is 1. The number of rotatable bonds is 42. The summed E-state index contributed by atoms with van der Waals surface area (Å²) in [4.78, 5) is 37.6. The van der Waals surface area contributed by atoms with Gasteiger partial charge in [-0.25, -0.2) is 0 Å². The Balaban J connectivity index is 2.29. The number of ether oxygens (including phenoxy) is 3. The van der Waals surface area contributed by atoms with Crippen molar-refractivity contribution in [1.82, 2.24) is 0 Å². The van der Waals surface area contributed by atoms with Gasteiger partial charge in [0.15, 0.2) is 6.10 Å². The molecule has 0 aromatic carbocycles. The summed E-state index contributed by atoms with van der Waals surface area (Å²) in [5, 5.41) is 0. The van der Waals surface area contributed by atoms with Crippen molar-refractivity contribution in [2.75, 3.05) is 47.5 Å². The van der Waals surface area contributed by atoms with Crippen LogP contribution < -0.4 is 4.89 Å². The zero-order valence-corrected chi connectivity index (χ0v) is 40.2. The maximum absolute atomic E-state index is 12.7. The molecule has 10 nitrogen and oxygen atoms in total. The van der Waals surface area contributed by atoms with Crippen LogP contribution in [0.4, 0.5) is 0 Å². The minimum atomic E-state index is -4.65. The number of phosphoric acid groups is 1. The smallest absolute Gasteiger partial charge is 0.306 e. The van der Waals surface area contributed by atoms with Crippen molar-refractivity contribution in [3.8, 4) is 0 Å². The van der Waals surface area contributed by atoms with E-state index in [0.717, 1.165) is 57.8 Å². The van der Waals surface area contributed by atoms with Crippen molar-refractivity contribution in [3.63, 3.8) is 0 Å². The number of esters is 2. The highest BCUT2D eigenvalue weighted by molar-refractivity contribution is 7.45. The van der Waals surface area contributed by atoms with E-state index < -0.39 is 32.5 Å². The van der Waals surface area contributed by atoms with E-state index in [1.54, 1.807) is 0 Å². The van der Waals surface area contributed by atoms with Crippen molar-refractivity contribution < 1.29 is 46.8 Å². The van der Waals surface area contributed by atoms with Gasteiger partial charge in [-0.3, -0.25) is 14.2 Å². The molecule has 0 aromatic heterocycles. The molecule has 0 spiro atoms. The van der Waals surface area contributed by atoms with Crippen molar-refractivity contribution >= 4 is 19.8 Å². The molecule has 61 heavy (non-hydrogen) atoms. The lowest BCUT2D eigenvalue weighted by atomic mass is 10.0. The van der Waals surface area contributed by atoms with Crippen LogP contribution in [0.1, 0.15) is 181 Å². The third-order valence-electron chi connectivity index (χ3n) is 10.5. The first-order chi connectivity index (χ1) is 29.5. The molecule has 1 fully saturated rings. The zero-order valence-electron chi connectivity index (χ0n) is 39.3. The van der Waals surface area contributed by atoms with Gasteiger partial charge in [-0.2, -0.15) is 0 Å². The lowest BCUT2D eigenvalue weighted by molar-refractivity contribution is -0.870. The van der Waals surface area contributed by atoms with E-state index in [2.05, 4.69) is 62.5 Å². The number of quaternary nitrogens is 1. The number of carbonyl (C=O) groups excluding carboxylic acids is 2. The quantitative estimate of drug-likeness (QED) is 0.0147. The number of nitrogens with zero attached hydrogens (tertiary/aromatic N) is 1. The highest BCUT2D eigenvalue weighted by Gasteiger charge is 2.36. The van der Waals surface area contributed by atoms with Crippen LogP contribution in [-0.4, -0.2) is 82.2 Å². The predicted octanol–water partition coefficient (Wildman–Crippen LogP) is 12.4. The molecule has 0 aromatic rings. The minimum Gasteiger partial charge on any atom is -0.756 e. The molecule has 1 aliphatic heterocycles. The molecule has 0 aliphatic carbocycles. The van der Waals surface area contributed by atoms with Gasteiger partial charge in [-0.1, -0.05) is 177 Å². The van der Waals surface area contributed by atoms with E-state index in [9.17, 15) is 19.0 Å². The molecule has 4 atom stereocenters. The van der Waals surface area contributed by atoms with Crippen LogP contribution in [0.3, 0.4) is 0 Å². The van der Waals surface area contributed by atoms with E-state index in [-0.39, 0.29) is 26.1 Å². The Morgan fingerprint density at radius 2 is 1.08 bits per heavy atom. The Bertz CT molecular complexity index is 1290. The Labute approximate surface area is 372 Å². The zero-order chi connectivity index (χ0) is 44.7. The molecule has 0 bridgehead atoms. The molecule has 11 heteroatoms. The van der Waals surface area contributed by atoms with E-state index in [4.69, 9.17) is 23.3 Å². The van der Waals surface area contributed by atoms with Crippen LogP contribution in [0.2, 0.25) is 0 Å². The van der Waals surface area contributed by atoms with Crippen molar-refractivity contribution in [2.24, 2.45) is 0 Å². The summed E-state index contributed by atoms with van der Waals surface area (Å²) in [5.41, 5.74) is 0. The van der Waals surface area contributed by atoms with Gasteiger partial charge in [0.1, 0.15) is 19.8 Å². The molecular formula is C50H88NO9P. The van der Waals surface area contributed by atoms with Gasteiger partial charge in [0.05, 0.1) is 40.0 Å². The van der Waals surface area contributed by atoms with Gasteiger partial charge in [0.2, 0.25) is 0 Å². The van der Waals surface area contributed by atoms with Crippen molar-refractivity contribution in [2.45, 2.75) is 199 Å². The summed E-state index contributed by atoms with van der Waals surface area (Å²) in [7, 11) is 1.11. The number of phosphoric ester groups is 1. The van der Waals surface area contributed by atoms with E-state index >= 15 is 0 Å². The van der Waals surface area contributed by atoms with Gasteiger partial charge in [-0.15, -0.1) is 0 Å². The molecule has 1 rings (SSSR count). The number of hydrogen-bond acceptors (Lipinski definition) is 9. The SMILES string of the molecule is CC/C=C\CC1OC1C/C=C\C/C=C\C/C=C\C/C=C\CCC(=O)O[C@H](COC(=O)CCCCCCCCCCCCCCCCCCC)COP(=O)([O-])OCC[N+](C)(C)C. The maximum Gasteiger partial charge on any atom is 0.306 e. The third kappa shape index (κ3) is 39.0. The molecule has 0 radical (unpaired) electrons. The summed E-state index contributed by atoms with van der Waals surface area (Å²) in [6.07, 6.45) is 48.7. The second kappa shape index (κ2) is 38.2. The molecule has 0 amide bonds. The molecule has 352 valence electrons. The van der Waals surface area contributed by atoms with Gasteiger partial charge >= 0.3 is 11.9 Å². The van der Waals surface area contributed by atoms with Crippen LogP contribution in [0.5, 0.6) is 0 Å². The minimum absolute atomic E-state index is 0.0476. The standard InChI is InChI=1S/C50H88NO9P/c1-6-8-10-11-12-13-14-15-16-17-18-19-23-26-29-32-36-40-49(52)56-44-46(45-58-61(54,55)57-43-42-51(3,4)5)59-50(53)41-37-33-30-27-24-21-20-22-25-28-31-35-39-48-47(60-48)38-34-9-7-2/h9,21-22,24-25,30-31,33-35,46-48H,6-8,10-20,23,26-29,32,36-45H2,1-5H3/b24-21-,25-22-,33-30-,34-9-,35-31-/t46-,47?,48?/m1/s1. The molecule has 3 unspecified atom stereocenters. The number of allylic oxidation sites excluding steroid dienone is 8. The molecule has 1 heterocycles. The highest BCUT2D eigenvalue weighted by atomic mass is 31.2. The van der Waals surface area contributed by atoms with Crippen molar-refractivity contribution in [3.05, 3.63) is 60.8 Å². The Morgan fingerprint density at radius 1 is 0.607 bits per heavy atom. The van der Waals surface area contributed by atoms with E-state index in [1.807, 2.05) is 33.3 Å². The fourth-order valence-corrected chi connectivity index (χ4v) is 7.33. The van der Waals surface area contributed by atoms with Gasteiger partial charge in [0.25, 0.3) is 7.82 Å². The van der Waals surface area contributed by atoms with Gasteiger partial charge < -0.3 is 32.6 Å². The number of hydrogen-bond donors (Lipinski definition) is 0. The molecule has 1 aliphatic rings. The van der Waals surface area contributed by atoms with Crippen LogP contribution in [0, 0.1) is 0 Å². The predicted molar refractivity (Wildman–Crippen MR) is 249 cm³/mol. The number of epoxide rings is 1. The van der Waals surface area contributed by atoms with Gasteiger partial charge in [0, 0.05) is 12.8 Å². The summed E-state index contributed by atoms with van der Waals surface area (Å²) in [5.74, 6) is -0.934. The lowest BCUT2D eigenvalue weighted by Crippen LogP contribution is -2.37. The lowest BCUT2D eigenvalue weighted by Gasteiger charge is -2.28. The Hall–Kier alpha value is -2.33. The van der Waals surface area contributed by atoms with Crippen LogP contribution in [-0.2, 0) is 37.4 Å². The molecule has 0 N–H and O–H groups in total. The summed E-state index contributed by atoms with van der Waals surface area (Å²) >= 11 is 0. The second-order valence-electron chi connectivity index (χ2n) is 17.5. The summed E-state index contributed by atoms with van der Waals surface area (Å²) in [6.45, 7) is 4.03. The summed E-state index contributed by atoms with van der Waals surface area (Å²) in [6, 6.07) is 0. The number of carbonyl (C=O) groups is 2. The highest BCUT2D eigenvalue weighted by Crippen LogP contribution is 2.38. The second-order valence-corrected chi connectivity index (χ2v) is 18.9. The molecule has 0 saturated carbocycles. The molecule has 1 saturated heterocycles. The fraction of sp³-hybridized carbons (Fsp3) is 0.760. The fourth-order valence-electron chi connectivity index (χ4n) is 6.60. The topological polar surface area (TPSA) is 124 Å². The maximum atomic E-state index is 12.7. The molecular weight excluding hydrogens is 790 g/mol. The first kappa shape index (κ1) is 56.7. The third-order valence-corrected chi connectivity index (χ3v) is 11.4. The largest absolute Gasteiger partial charge is 0.756 e. The Kier molecular flexibility index (Phi) is 35.5. The number of unbranched alkanes of at least 4 members (excludes halogenated alkanes) is 16. The van der Waals surface area contributed by atoms with Crippen LogP contribution in [0.15, 0.2) is 60.8 Å². The average molecular weight is 878 g/mol.